The van der Waals surface area contributed by atoms with Crippen LogP contribution in [0, 0.1) is 5.92 Å². The number of benzene rings is 3. The summed E-state index contributed by atoms with van der Waals surface area (Å²) in [5.41, 5.74) is 3.37. The minimum absolute atomic E-state index is 0.0160. The first-order valence-electron chi connectivity index (χ1n) is 9.39. The molecule has 0 spiro atoms. The SMILES string of the molecule is CC(=O)N1c2ccc(Cl)cc2[C@H]2C=CC[C@H]2[C@H]1c1cccc2ccccc12. The Morgan fingerprint density at radius 1 is 1.04 bits per heavy atom. The van der Waals surface area contributed by atoms with Crippen LogP contribution < -0.4 is 4.90 Å². The highest BCUT2D eigenvalue weighted by atomic mass is 35.5. The lowest BCUT2D eigenvalue weighted by Gasteiger charge is -2.44. The van der Waals surface area contributed by atoms with Crippen LogP contribution in [0.1, 0.15) is 36.4 Å². The van der Waals surface area contributed by atoms with Gasteiger partial charge in [-0.05, 0) is 52.4 Å². The maximum atomic E-state index is 12.8. The predicted molar refractivity (Wildman–Crippen MR) is 111 cm³/mol. The summed E-state index contributed by atoms with van der Waals surface area (Å²) < 4.78 is 0. The topological polar surface area (TPSA) is 20.3 Å². The van der Waals surface area contributed by atoms with Gasteiger partial charge in [0.1, 0.15) is 0 Å². The van der Waals surface area contributed by atoms with E-state index in [0.29, 0.717) is 11.8 Å². The molecule has 0 fully saturated rings. The number of halogens is 1. The molecule has 134 valence electrons. The minimum Gasteiger partial charge on any atom is -0.305 e. The summed E-state index contributed by atoms with van der Waals surface area (Å²) in [6.45, 7) is 1.67. The van der Waals surface area contributed by atoms with E-state index in [1.807, 2.05) is 23.1 Å². The van der Waals surface area contributed by atoms with E-state index in [1.165, 1.54) is 16.3 Å². The second kappa shape index (κ2) is 6.24. The number of carbonyl (C=O) groups is 1. The standard InChI is InChI=1S/C24H20ClNO/c1-15(27)26-23-13-12-17(25)14-22(23)19-9-5-11-21(19)24(26)20-10-4-7-16-6-2-3-8-18(16)20/h2-10,12-14,19,21,24H,11H2,1H3/t19-,21+,24+/m0/s1. The maximum Gasteiger partial charge on any atom is 0.224 e. The number of allylic oxidation sites excluding steroid dienone is 2. The third-order valence-corrected chi connectivity index (χ3v) is 6.22. The van der Waals surface area contributed by atoms with Crippen molar-refractivity contribution in [3.05, 3.63) is 89.0 Å². The van der Waals surface area contributed by atoms with Crippen molar-refractivity contribution in [2.45, 2.75) is 25.3 Å². The van der Waals surface area contributed by atoms with Crippen LogP contribution in [-0.4, -0.2) is 5.91 Å². The van der Waals surface area contributed by atoms with Crippen LogP contribution in [-0.2, 0) is 4.79 Å². The molecule has 0 aromatic heterocycles. The monoisotopic (exact) mass is 373 g/mol. The van der Waals surface area contributed by atoms with Crippen molar-refractivity contribution in [1.82, 2.24) is 0 Å². The van der Waals surface area contributed by atoms with Gasteiger partial charge < -0.3 is 4.90 Å². The number of hydrogen-bond donors (Lipinski definition) is 0. The summed E-state index contributed by atoms with van der Waals surface area (Å²) in [6.07, 6.45) is 5.51. The summed E-state index contributed by atoms with van der Waals surface area (Å²) in [4.78, 5) is 14.8. The van der Waals surface area contributed by atoms with Gasteiger partial charge in [-0.2, -0.15) is 0 Å². The fraction of sp³-hybridized carbons (Fsp3) is 0.208. The molecule has 0 saturated carbocycles. The van der Waals surface area contributed by atoms with E-state index >= 15 is 0 Å². The fourth-order valence-corrected chi connectivity index (χ4v) is 5.11. The van der Waals surface area contributed by atoms with Gasteiger partial charge in [0.05, 0.1) is 6.04 Å². The summed E-state index contributed by atoms with van der Waals surface area (Å²) in [5.74, 6) is 0.686. The van der Waals surface area contributed by atoms with Crippen molar-refractivity contribution in [3.63, 3.8) is 0 Å². The van der Waals surface area contributed by atoms with Crippen molar-refractivity contribution < 1.29 is 4.79 Å². The number of carbonyl (C=O) groups excluding carboxylic acids is 1. The Morgan fingerprint density at radius 3 is 2.70 bits per heavy atom. The van der Waals surface area contributed by atoms with Gasteiger partial charge in [0.15, 0.2) is 0 Å². The zero-order chi connectivity index (χ0) is 18.5. The molecule has 1 aliphatic carbocycles. The molecule has 0 radical (unpaired) electrons. The van der Waals surface area contributed by atoms with Crippen molar-refractivity contribution in [2.24, 2.45) is 5.92 Å². The van der Waals surface area contributed by atoms with Gasteiger partial charge in [-0.1, -0.05) is 66.2 Å². The number of rotatable bonds is 1. The molecule has 1 amide bonds. The van der Waals surface area contributed by atoms with E-state index in [9.17, 15) is 4.79 Å². The largest absolute Gasteiger partial charge is 0.305 e. The molecule has 0 saturated heterocycles. The Bertz CT molecular complexity index is 1080. The normalized spacial score (nSPS) is 23.3. The minimum atomic E-state index is 0.0160. The van der Waals surface area contributed by atoms with Crippen molar-refractivity contribution >= 4 is 34.0 Å². The first-order chi connectivity index (χ1) is 13.1. The average molecular weight is 374 g/mol. The molecule has 0 N–H and O–H groups in total. The number of hydrogen-bond acceptors (Lipinski definition) is 1. The van der Waals surface area contributed by atoms with E-state index in [2.05, 4.69) is 54.6 Å². The highest BCUT2D eigenvalue weighted by molar-refractivity contribution is 6.30. The van der Waals surface area contributed by atoms with Gasteiger partial charge in [-0.3, -0.25) is 4.79 Å². The van der Waals surface area contributed by atoms with E-state index in [4.69, 9.17) is 11.6 Å². The fourth-order valence-electron chi connectivity index (χ4n) is 4.93. The molecule has 3 aromatic rings. The molecule has 1 heterocycles. The molecule has 27 heavy (non-hydrogen) atoms. The second-order valence-corrected chi connectivity index (χ2v) is 7.90. The number of anilines is 1. The molecular weight excluding hydrogens is 354 g/mol. The quantitative estimate of drug-likeness (QED) is 0.461. The highest BCUT2D eigenvalue weighted by Gasteiger charge is 2.44. The molecular formula is C24H20ClNO. The zero-order valence-corrected chi connectivity index (χ0v) is 15.9. The molecule has 2 aliphatic rings. The van der Waals surface area contributed by atoms with Crippen LogP contribution in [0.3, 0.4) is 0 Å². The molecule has 0 bridgehead atoms. The van der Waals surface area contributed by atoms with Gasteiger partial charge >= 0.3 is 0 Å². The summed E-state index contributed by atoms with van der Waals surface area (Å²) in [6, 6.07) is 20.8. The van der Waals surface area contributed by atoms with Gasteiger partial charge in [-0.25, -0.2) is 0 Å². The number of nitrogens with zero attached hydrogens (tertiary/aromatic N) is 1. The lowest BCUT2D eigenvalue weighted by atomic mass is 9.75. The number of amides is 1. The van der Waals surface area contributed by atoms with Gasteiger partial charge in [0.25, 0.3) is 0 Å². The van der Waals surface area contributed by atoms with E-state index in [-0.39, 0.29) is 11.9 Å². The summed E-state index contributed by atoms with van der Waals surface area (Å²) in [7, 11) is 0. The Balaban J connectivity index is 1.78. The van der Waals surface area contributed by atoms with Crippen LogP contribution in [0.5, 0.6) is 0 Å². The average Bonchev–Trinajstić information content (AvgIpc) is 3.16. The van der Waals surface area contributed by atoms with Crippen molar-refractivity contribution in [3.8, 4) is 0 Å². The highest BCUT2D eigenvalue weighted by Crippen LogP contribution is 2.54. The molecule has 1 aliphatic heterocycles. The molecule has 3 atom stereocenters. The van der Waals surface area contributed by atoms with E-state index in [0.717, 1.165) is 22.7 Å². The molecule has 3 aromatic carbocycles. The van der Waals surface area contributed by atoms with Crippen molar-refractivity contribution in [1.29, 1.82) is 0 Å². The molecule has 0 unspecified atom stereocenters. The Labute approximate surface area is 164 Å². The third-order valence-electron chi connectivity index (χ3n) is 5.99. The lowest BCUT2D eigenvalue weighted by Crippen LogP contribution is -2.42. The third kappa shape index (κ3) is 2.51. The van der Waals surface area contributed by atoms with Gasteiger partial charge in [0, 0.05) is 23.6 Å². The van der Waals surface area contributed by atoms with Crippen molar-refractivity contribution in [2.75, 3.05) is 4.90 Å². The first kappa shape index (κ1) is 16.6. The second-order valence-electron chi connectivity index (χ2n) is 7.46. The molecule has 2 nitrogen and oxygen atoms in total. The van der Waals surface area contributed by atoms with Gasteiger partial charge in [-0.15, -0.1) is 0 Å². The van der Waals surface area contributed by atoms with Crippen LogP contribution in [0.2, 0.25) is 5.02 Å². The van der Waals surface area contributed by atoms with Crippen LogP contribution in [0.4, 0.5) is 5.69 Å². The molecule has 3 heteroatoms. The predicted octanol–water partition coefficient (Wildman–Crippen LogP) is 6.26. The van der Waals surface area contributed by atoms with E-state index < -0.39 is 0 Å². The van der Waals surface area contributed by atoms with Gasteiger partial charge in [0.2, 0.25) is 5.91 Å². The lowest BCUT2D eigenvalue weighted by molar-refractivity contribution is -0.117. The van der Waals surface area contributed by atoms with Crippen LogP contribution in [0.15, 0.2) is 72.8 Å². The van der Waals surface area contributed by atoms with E-state index in [1.54, 1.807) is 6.92 Å². The number of fused-ring (bicyclic) bond motifs is 4. The van der Waals surface area contributed by atoms with Crippen LogP contribution >= 0.6 is 11.6 Å². The van der Waals surface area contributed by atoms with Crippen LogP contribution in [0.25, 0.3) is 10.8 Å². The Hall–Kier alpha value is -2.58. The smallest absolute Gasteiger partial charge is 0.224 e. The maximum absolute atomic E-state index is 12.8. The summed E-state index contributed by atoms with van der Waals surface area (Å²) in [5, 5.41) is 3.15. The molecule has 5 rings (SSSR count). The Kier molecular flexibility index (Phi) is 3.84. The first-order valence-corrected chi connectivity index (χ1v) is 9.76. The summed E-state index contributed by atoms with van der Waals surface area (Å²) >= 11 is 6.30. The zero-order valence-electron chi connectivity index (χ0n) is 15.1. The Morgan fingerprint density at radius 2 is 1.85 bits per heavy atom.